The molecule has 3 unspecified atom stereocenters. The monoisotopic (exact) mass is 402 g/mol. The molecule has 0 saturated carbocycles. The number of carbonyl (C=O) groups is 1. The summed E-state index contributed by atoms with van der Waals surface area (Å²) in [5.74, 6) is -0.264. The van der Waals surface area contributed by atoms with Crippen LogP contribution in [0.15, 0.2) is 28.2 Å². The van der Waals surface area contributed by atoms with Gasteiger partial charge in [-0.15, -0.1) is 0 Å². The molecule has 2 rings (SSSR count). The quantitative estimate of drug-likeness (QED) is 0.385. The number of amides is 1. The van der Waals surface area contributed by atoms with Crippen molar-refractivity contribution in [1.82, 2.24) is 4.90 Å². The fraction of sp³-hybridized carbons (Fsp3) is 0.533. The molecule has 1 aromatic carbocycles. The Bertz CT molecular complexity index is 715. The highest BCUT2D eigenvalue weighted by Crippen LogP contribution is 2.37. The van der Waals surface area contributed by atoms with Crippen molar-refractivity contribution in [2.75, 3.05) is 20.7 Å². The summed E-state index contributed by atoms with van der Waals surface area (Å²) in [5.41, 5.74) is 8.03. The van der Waals surface area contributed by atoms with Crippen LogP contribution < -0.4 is 0 Å². The molecule has 1 aliphatic heterocycles. The average Bonchev–Trinajstić information content (AvgIpc) is 2.60. The number of ether oxygens (including phenoxy) is 1. The van der Waals surface area contributed by atoms with Gasteiger partial charge in [-0.2, -0.15) is 0 Å². The van der Waals surface area contributed by atoms with Crippen molar-refractivity contribution in [2.24, 2.45) is 5.11 Å². The van der Waals surface area contributed by atoms with Gasteiger partial charge < -0.3 is 25.0 Å². The first kappa shape index (κ1) is 20.8. The fourth-order valence-corrected chi connectivity index (χ4v) is 3.96. The van der Waals surface area contributed by atoms with Crippen LogP contribution in [-0.2, 0) is 4.74 Å². The van der Waals surface area contributed by atoms with E-state index in [4.69, 9.17) is 21.9 Å². The van der Waals surface area contributed by atoms with Gasteiger partial charge in [0.05, 0.1) is 24.3 Å². The van der Waals surface area contributed by atoms with Gasteiger partial charge in [0, 0.05) is 28.9 Å². The van der Waals surface area contributed by atoms with Crippen LogP contribution in [0.5, 0.6) is 0 Å². The molecule has 1 aliphatic rings. The van der Waals surface area contributed by atoms with Crippen LogP contribution in [0.4, 0.5) is 0 Å². The number of nitrogens with zero attached hydrogens (tertiary/aromatic N) is 4. The van der Waals surface area contributed by atoms with Crippen molar-refractivity contribution in [1.29, 1.82) is 0 Å². The van der Waals surface area contributed by atoms with Crippen molar-refractivity contribution >= 4 is 29.3 Å². The van der Waals surface area contributed by atoms with Crippen molar-refractivity contribution in [3.05, 3.63) is 39.2 Å². The normalized spacial score (nSPS) is 28.3. The summed E-state index contributed by atoms with van der Waals surface area (Å²) in [7, 11) is 3.21. The van der Waals surface area contributed by atoms with Gasteiger partial charge in [0.25, 0.3) is 5.91 Å². The van der Waals surface area contributed by atoms with E-state index in [1.807, 2.05) is 0 Å². The van der Waals surface area contributed by atoms with Crippen LogP contribution in [0.2, 0.25) is 5.02 Å². The molecule has 142 valence electrons. The van der Waals surface area contributed by atoms with Crippen LogP contribution in [0, 0.1) is 0 Å². The number of azide groups is 1. The highest BCUT2D eigenvalue weighted by molar-refractivity contribution is 8.00. The number of aliphatic hydroxyl groups is 3. The molecule has 0 radical (unpaired) electrons. The van der Waals surface area contributed by atoms with E-state index in [0.717, 1.165) is 11.8 Å². The molecule has 0 bridgehead atoms. The predicted octanol–water partition coefficient (Wildman–Crippen LogP) is 1.25. The van der Waals surface area contributed by atoms with Crippen molar-refractivity contribution in [3.8, 4) is 0 Å². The van der Waals surface area contributed by atoms with E-state index in [-0.39, 0.29) is 5.91 Å². The van der Waals surface area contributed by atoms with E-state index in [2.05, 4.69) is 10.0 Å². The minimum atomic E-state index is -1.36. The minimum absolute atomic E-state index is 0.264. The summed E-state index contributed by atoms with van der Waals surface area (Å²) < 4.78 is 5.54. The number of thioether (sulfide) groups is 1. The number of aliphatic hydroxyl groups excluding tert-OH is 3. The van der Waals surface area contributed by atoms with Crippen molar-refractivity contribution in [2.45, 2.75) is 34.7 Å². The smallest absolute Gasteiger partial charge is 0.254 e. The summed E-state index contributed by atoms with van der Waals surface area (Å²) >= 11 is 7.02. The Morgan fingerprint density at radius 3 is 2.69 bits per heavy atom. The predicted molar refractivity (Wildman–Crippen MR) is 96.0 cm³/mol. The standard InChI is InChI=1S/C15H19ClN4O5S/c1-20(2)14(24)8-4-3-7(16)5-10(8)26-15-13(23)11(18-19-17)12(22)9(6-21)25-15/h3-5,9,11-13,15,21-23H,6H2,1-2H3/t9?,11?,12-,13?,15+/m0/s1. The second-order valence-corrected chi connectivity index (χ2v) is 7.44. The number of halogens is 1. The minimum Gasteiger partial charge on any atom is -0.394 e. The number of rotatable bonds is 5. The van der Waals surface area contributed by atoms with Crippen LogP contribution in [0.1, 0.15) is 10.4 Å². The molecule has 0 spiro atoms. The zero-order valence-corrected chi connectivity index (χ0v) is 15.6. The van der Waals surface area contributed by atoms with Crippen molar-refractivity contribution < 1.29 is 24.9 Å². The Kier molecular flexibility index (Phi) is 7.13. The first-order chi connectivity index (χ1) is 12.3. The van der Waals surface area contributed by atoms with Gasteiger partial charge in [0.15, 0.2) is 0 Å². The first-order valence-corrected chi connectivity index (χ1v) is 8.90. The Hall–Kier alpha value is -1.52. The van der Waals surface area contributed by atoms with E-state index in [9.17, 15) is 20.1 Å². The second-order valence-electron chi connectivity index (χ2n) is 5.86. The fourth-order valence-electron chi connectivity index (χ4n) is 2.50. The molecule has 3 N–H and O–H groups in total. The lowest BCUT2D eigenvalue weighted by molar-refractivity contribution is -0.159. The largest absolute Gasteiger partial charge is 0.394 e. The maximum Gasteiger partial charge on any atom is 0.254 e. The van der Waals surface area contributed by atoms with Gasteiger partial charge >= 0.3 is 0 Å². The Labute approximate surface area is 159 Å². The van der Waals surface area contributed by atoms with Gasteiger partial charge in [0.1, 0.15) is 17.6 Å². The molecule has 9 nitrogen and oxygen atoms in total. The lowest BCUT2D eigenvalue weighted by Gasteiger charge is -2.40. The zero-order valence-electron chi connectivity index (χ0n) is 14.1. The summed E-state index contributed by atoms with van der Waals surface area (Å²) in [6, 6.07) is 3.49. The molecule has 0 aromatic heterocycles. The third-order valence-corrected chi connectivity index (χ3v) is 5.31. The number of hydrogen-bond acceptors (Lipinski definition) is 7. The maximum atomic E-state index is 12.4. The van der Waals surface area contributed by atoms with Crippen LogP contribution in [0.3, 0.4) is 0 Å². The van der Waals surface area contributed by atoms with E-state index in [0.29, 0.717) is 15.5 Å². The molecule has 1 saturated heterocycles. The van der Waals surface area contributed by atoms with Crippen molar-refractivity contribution in [3.63, 3.8) is 0 Å². The molecule has 1 aromatic rings. The van der Waals surface area contributed by atoms with E-state index >= 15 is 0 Å². The second kappa shape index (κ2) is 8.92. The number of hydrogen-bond donors (Lipinski definition) is 3. The van der Waals surface area contributed by atoms with E-state index in [1.54, 1.807) is 32.3 Å². The molecule has 5 atom stereocenters. The molecule has 11 heteroatoms. The van der Waals surface area contributed by atoms with E-state index in [1.165, 1.54) is 4.90 Å². The van der Waals surface area contributed by atoms with Gasteiger partial charge in [-0.3, -0.25) is 4.79 Å². The maximum absolute atomic E-state index is 12.4. The summed E-state index contributed by atoms with van der Waals surface area (Å²) in [4.78, 5) is 16.8. The Balaban J connectivity index is 2.35. The summed E-state index contributed by atoms with van der Waals surface area (Å²) in [6.07, 6.45) is -3.75. The van der Waals surface area contributed by atoms with Gasteiger partial charge in [-0.05, 0) is 23.7 Å². The number of carbonyl (C=O) groups excluding carboxylic acids is 1. The highest BCUT2D eigenvalue weighted by Gasteiger charge is 2.44. The lowest BCUT2D eigenvalue weighted by Crippen LogP contribution is -2.56. The van der Waals surface area contributed by atoms with Gasteiger partial charge in [-0.1, -0.05) is 28.5 Å². The highest BCUT2D eigenvalue weighted by atomic mass is 35.5. The van der Waals surface area contributed by atoms with Gasteiger partial charge in [0.2, 0.25) is 0 Å². The van der Waals surface area contributed by atoms with Crippen LogP contribution in [0.25, 0.3) is 10.4 Å². The van der Waals surface area contributed by atoms with Crippen LogP contribution >= 0.6 is 23.4 Å². The third kappa shape index (κ3) is 4.41. The van der Waals surface area contributed by atoms with E-state index < -0.39 is 36.4 Å². The Morgan fingerprint density at radius 2 is 2.12 bits per heavy atom. The molecular formula is C15H19ClN4O5S. The molecule has 1 amide bonds. The molecule has 1 heterocycles. The summed E-state index contributed by atoms with van der Waals surface area (Å²) in [6.45, 7) is -0.526. The van der Waals surface area contributed by atoms with Crippen LogP contribution in [-0.4, -0.2) is 76.6 Å². The first-order valence-electron chi connectivity index (χ1n) is 7.64. The molecule has 0 aliphatic carbocycles. The third-order valence-electron chi connectivity index (χ3n) is 3.86. The zero-order chi connectivity index (χ0) is 19.4. The molecule has 26 heavy (non-hydrogen) atoms. The van der Waals surface area contributed by atoms with Gasteiger partial charge in [-0.25, -0.2) is 0 Å². The molecule has 1 fully saturated rings. The number of benzene rings is 1. The SMILES string of the molecule is CN(C)C(=O)c1ccc(Cl)cc1S[C@H]1OC(CO)[C@H](O)C(N=[N+]=[N-])C1O. The average molecular weight is 403 g/mol. The molecular weight excluding hydrogens is 384 g/mol. The summed E-state index contributed by atoms with van der Waals surface area (Å²) in [5, 5.41) is 33.7. The topological polar surface area (TPSA) is 139 Å². The Morgan fingerprint density at radius 1 is 1.42 bits per heavy atom. The lowest BCUT2D eigenvalue weighted by atomic mass is 9.98.